The summed E-state index contributed by atoms with van der Waals surface area (Å²) in [7, 11) is 1.69. The smallest absolute Gasteiger partial charge is 0.122 e. The molecule has 0 fully saturated rings. The normalized spacial score (nSPS) is 11.5. The first kappa shape index (κ1) is 13.4. The van der Waals surface area contributed by atoms with Crippen LogP contribution >= 0.6 is 11.8 Å². The van der Waals surface area contributed by atoms with Gasteiger partial charge in [0.15, 0.2) is 0 Å². The largest absolute Gasteiger partial charge is 0.496 e. The summed E-state index contributed by atoms with van der Waals surface area (Å²) < 4.78 is 5.28. The zero-order valence-electron chi connectivity index (χ0n) is 10.2. The minimum Gasteiger partial charge on any atom is -0.496 e. The van der Waals surface area contributed by atoms with Crippen LogP contribution in [0.2, 0.25) is 0 Å². The molecule has 0 atom stereocenters. The third-order valence-electron chi connectivity index (χ3n) is 2.31. The highest BCUT2D eigenvalue weighted by Crippen LogP contribution is 2.24. The summed E-state index contributed by atoms with van der Waals surface area (Å²) in [5.41, 5.74) is 0.652. The Morgan fingerprint density at radius 3 is 2.62 bits per heavy atom. The summed E-state index contributed by atoms with van der Waals surface area (Å²) >= 11 is 1.82. The number of hydrogen-bond donors (Lipinski definition) is 1. The molecule has 3 heteroatoms. The van der Waals surface area contributed by atoms with Gasteiger partial charge < -0.3 is 9.84 Å². The van der Waals surface area contributed by atoms with Gasteiger partial charge in [-0.15, -0.1) is 0 Å². The van der Waals surface area contributed by atoms with E-state index in [0.29, 0.717) is 0 Å². The van der Waals surface area contributed by atoms with Crippen LogP contribution in [0.15, 0.2) is 24.3 Å². The Morgan fingerprint density at radius 1 is 1.31 bits per heavy atom. The molecule has 0 saturated heterocycles. The quantitative estimate of drug-likeness (QED) is 0.775. The van der Waals surface area contributed by atoms with Gasteiger partial charge in [-0.2, -0.15) is 11.8 Å². The van der Waals surface area contributed by atoms with Crippen LogP contribution < -0.4 is 4.74 Å². The van der Waals surface area contributed by atoms with Crippen LogP contribution in [0, 0.1) is 0 Å². The fourth-order valence-electron chi connectivity index (χ4n) is 1.33. The molecule has 90 valence electrons. The first-order valence-electron chi connectivity index (χ1n) is 5.45. The second-order valence-corrected chi connectivity index (χ2v) is 5.53. The van der Waals surface area contributed by atoms with E-state index in [1.165, 1.54) is 5.56 Å². The number of methoxy groups -OCH3 is 1. The highest BCUT2D eigenvalue weighted by atomic mass is 32.2. The average molecular weight is 240 g/mol. The minimum absolute atomic E-state index is 0.562. The summed E-state index contributed by atoms with van der Waals surface area (Å²) in [6, 6.07) is 8.06. The van der Waals surface area contributed by atoms with E-state index in [2.05, 4.69) is 6.07 Å². The topological polar surface area (TPSA) is 29.5 Å². The lowest BCUT2D eigenvalue weighted by Gasteiger charge is -2.16. The standard InChI is InChI=1S/C13H20O2S/c1-13(2,14)8-9-16-10-11-6-4-5-7-12(11)15-3/h4-7,14H,8-10H2,1-3H3. The van der Waals surface area contributed by atoms with Crippen LogP contribution in [0.4, 0.5) is 0 Å². The van der Waals surface area contributed by atoms with Gasteiger partial charge in [-0.25, -0.2) is 0 Å². The molecule has 1 aromatic rings. The molecule has 2 nitrogen and oxygen atoms in total. The van der Waals surface area contributed by atoms with Crippen LogP contribution in [0.5, 0.6) is 5.75 Å². The van der Waals surface area contributed by atoms with E-state index in [1.807, 2.05) is 43.8 Å². The molecule has 0 saturated carbocycles. The van der Waals surface area contributed by atoms with Gasteiger partial charge in [-0.05, 0) is 32.1 Å². The molecule has 0 aliphatic carbocycles. The van der Waals surface area contributed by atoms with Crippen LogP contribution in [-0.4, -0.2) is 23.6 Å². The van der Waals surface area contributed by atoms with E-state index < -0.39 is 5.60 Å². The van der Waals surface area contributed by atoms with E-state index in [9.17, 15) is 5.11 Å². The summed E-state index contributed by atoms with van der Waals surface area (Å²) in [6.07, 6.45) is 0.812. The number of aliphatic hydroxyl groups is 1. The number of para-hydroxylation sites is 1. The van der Waals surface area contributed by atoms with Gasteiger partial charge in [0.2, 0.25) is 0 Å². The maximum absolute atomic E-state index is 9.58. The molecule has 0 aliphatic heterocycles. The summed E-state index contributed by atoms with van der Waals surface area (Å²) in [6.45, 7) is 3.69. The maximum atomic E-state index is 9.58. The Hall–Kier alpha value is -0.670. The van der Waals surface area contributed by atoms with E-state index in [0.717, 1.165) is 23.7 Å². The molecule has 1 rings (SSSR count). The van der Waals surface area contributed by atoms with Crippen molar-refractivity contribution in [2.75, 3.05) is 12.9 Å². The second kappa shape index (κ2) is 6.16. The number of hydrogen-bond acceptors (Lipinski definition) is 3. The molecular weight excluding hydrogens is 220 g/mol. The lowest BCUT2D eigenvalue weighted by atomic mass is 10.1. The third-order valence-corrected chi connectivity index (χ3v) is 3.32. The van der Waals surface area contributed by atoms with Gasteiger partial charge in [-0.1, -0.05) is 18.2 Å². The van der Waals surface area contributed by atoms with Crippen molar-refractivity contribution < 1.29 is 9.84 Å². The fourth-order valence-corrected chi connectivity index (χ4v) is 2.57. The molecule has 1 N–H and O–H groups in total. The average Bonchev–Trinajstić information content (AvgIpc) is 2.23. The SMILES string of the molecule is COc1ccccc1CSCCC(C)(C)O. The van der Waals surface area contributed by atoms with Crippen molar-refractivity contribution in [1.29, 1.82) is 0 Å². The summed E-state index contributed by atoms with van der Waals surface area (Å²) in [5.74, 6) is 2.83. The Balaban J connectivity index is 2.37. The Morgan fingerprint density at radius 2 is 2.00 bits per heavy atom. The second-order valence-electron chi connectivity index (χ2n) is 4.43. The molecular formula is C13H20O2S. The van der Waals surface area contributed by atoms with Crippen LogP contribution in [0.3, 0.4) is 0 Å². The lowest BCUT2D eigenvalue weighted by molar-refractivity contribution is 0.0777. The van der Waals surface area contributed by atoms with Crippen molar-refractivity contribution in [3.05, 3.63) is 29.8 Å². The number of ether oxygens (including phenoxy) is 1. The summed E-state index contributed by atoms with van der Waals surface area (Å²) in [5, 5.41) is 9.58. The van der Waals surface area contributed by atoms with Crippen LogP contribution in [0.25, 0.3) is 0 Å². The van der Waals surface area contributed by atoms with Gasteiger partial charge in [0.1, 0.15) is 5.75 Å². The highest BCUT2D eigenvalue weighted by molar-refractivity contribution is 7.98. The van der Waals surface area contributed by atoms with Crippen molar-refractivity contribution in [2.24, 2.45) is 0 Å². The predicted molar refractivity (Wildman–Crippen MR) is 70.1 cm³/mol. The van der Waals surface area contributed by atoms with E-state index in [-0.39, 0.29) is 0 Å². The Kier molecular flexibility index (Phi) is 5.16. The maximum Gasteiger partial charge on any atom is 0.122 e. The minimum atomic E-state index is -0.562. The van der Waals surface area contributed by atoms with Gasteiger partial charge >= 0.3 is 0 Å². The highest BCUT2D eigenvalue weighted by Gasteiger charge is 2.11. The van der Waals surface area contributed by atoms with Crippen molar-refractivity contribution >= 4 is 11.8 Å². The monoisotopic (exact) mass is 240 g/mol. The van der Waals surface area contributed by atoms with Crippen LogP contribution in [-0.2, 0) is 5.75 Å². The van der Waals surface area contributed by atoms with Gasteiger partial charge in [0.05, 0.1) is 12.7 Å². The molecule has 1 aromatic carbocycles. The zero-order chi connectivity index (χ0) is 12.0. The number of rotatable bonds is 6. The van der Waals surface area contributed by atoms with Crippen molar-refractivity contribution in [1.82, 2.24) is 0 Å². The number of benzene rings is 1. The molecule has 0 bridgehead atoms. The molecule has 0 radical (unpaired) electrons. The van der Waals surface area contributed by atoms with Crippen molar-refractivity contribution in [3.63, 3.8) is 0 Å². The van der Waals surface area contributed by atoms with Gasteiger partial charge in [-0.3, -0.25) is 0 Å². The molecule has 0 heterocycles. The molecule has 0 spiro atoms. The Labute approximate surface area is 102 Å². The fraction of sp³-hybridized carbons (Fsp3) is 0.538. The molecule has 0 aliphatic rings. The molecule has 0 aromatic heterocycles. The molecule has 16 heavy (non-hydrogen) atoms. The first-order chi connectivity index (χ1) is 7.53. The van der Waals surface area contributed by atoms with E-state index in [4.69, 9.17) is 4.74 Å². The summed E-state index contributed by atoms with van der Waals surface area (Å²) in [4.78, 5) is 0. The first-order valence-corrected chi connectivity index (χ1v) is 6.60. The van der Waals surface area contributed by atoms with E-state index >= 15 is 0 Å². The Bertz CT molecular complexity index is 318. The molecule has 0 unspecified atom stereocenters. The van der Waals surface area contributed by atoms with Crippen LogP contribution in [0.1, 0.15) is 25.8 Å². The van der Waals surface area contributed by atoms with Crippen molar-refractivity contribution in [3.8, 4) is 5.75 Å². The van der Waals surface area contributed by atoms with Gasteiger partial charge in [0.25, 0.3) is 0 Å². The zero-order valence-corrected chi connectivity index (χ0v) is 11.0. The van der Waals surface area contributed by atoms with Crippen molar-refractivity contribution in [2.45, 2.75) is 31.6 Å². The lowest BCUT2D eigenvalue weighted by Crippen LogP contribution is -2.19. The number of thioether (sulfide) groups is 1. The third kappa shape index (κ3) is 4.90. The van der Waals surface area contributed by atoms with Gasteiger partial charge in [0, 0.05) is 11.3 Å². The molecule has 0 amide bonds. The van der Waals surface area contributed by atoms with E-state index in [1.54, 1.807) is 7.11 Å². The predicted octanol–water partition coefficient (Wildman–Crippen LogP) is 3.09.